The average molecular weight is 273 g/mol. The summed E-state index contributed by atoms with van der Waals surface area (Å²) in [6.45, 7) is 0.137. The normalized spacial score (nSPS) is 20.4. The first-order valence-electron chi connectivity index (χ1n) is 5.30. The molecule has 1 unspecified atom stereocenters. The average Bonchev–Trinajstić information content (AvgIpc) is 2.56. The number of amides is 1. The molecule has 1 fully saturated rings. The highest BCUT2D eigenvalue weighted by atomic mass is 32.3. The van der Waals surface area contributed by atoms with E-state index in [1.54, 1.807) is 18.2 Å². The van der Waals surface area contributed by atoms with Gasteiger partial charge in [-0.25, -0.2) is 4.98 Å². The third-order valence-corrected chi connectivity index (χ3v) is 3.54. The van der Waals surface area contributed by atoms with Gasteiger partial charge in [-0.2, -0.15) is 8.42 Å². The van der Waals surface area contributed by atoms with Gasteiger partial charge in [0.15, 0.2) is 0 Å². The van der Waals surface area contributed by atoms with Gasteiger partial charge in [0.2, 0.25) is 5.91 Å². The van der Waals surface area contributed by atoms with E-state index in [4.69, 9.17) is 5.73 Å². The van der Waals surface area contributed by atoms with Crippen LogP contribution in [0.3, 0.4) is 0 Å². The molecule has 2 rings (SSSR count). The maximum absolute atomic E-state index is 12.6. The van der Waals surface area contributed by atoms with Gasteiger partial charge in [-0.05, 0) is 12.1 Å². The SMILES string of the molecule is Nc1cccc(N2CC(CS(=O)(=O)F)CC2=O)n1. The van der Waals surface area contributed by atoms with E-state index in [0.717, 1.165) is 0 Å². The van der Waals surface area contributed by atoms with E-state index >= 15 is 0 Å². The van der Waals surface area contributed by atoms with E-state index in [1.165, 1.54) is 4.90 Å². The van der Waals surface area contributed by atoms with Crippen molar-refractivity contribution < 1.29 is 17.1 Å². The molecule has 1 aliphatic heterocycles. The second-order valence-electron chi connectivity index (χ2n) is 4.20. The van der Waals surface area contributed by atoms with E-state index in [0.29, 0.717) is 5.82 Å². The van der Waals surface area contributed by atoms with Gasteiger partial charge in [0.1, 0.15) is 11.6 Å². The van der Waals surface area contributed by atoms with Gasteiger partial charge < -0.3 is 5.73 Å². The molecule has 0 bridgehead atoms. The van der Waals surface area contributed by atoms with Crippen LogP contribution in [-0.2, 0) is 15.0 Å². The second kappa shape index (κ2) is 4.52. The smallest absolute Gasteiger partial charge is 0.302 e. The van der Waals surface area contributed by atoms with E-state index in [1.807, 2.05) is 0 Å². The van der Waals surface area contributed by atoms with Gasteiger partial charge >= 0.3 is 10.2 Å². The van der Waals surface area contributed by atoms with Crippen LogP contribution in [-0.4, -0.2) is 31.6 Å². The Kier molecular flexibility index (Phi) is 3.20. The number of hydrogen-bond donors (Lipinski definition) is 1. The van der Waals surface area contributed by atoms with Crippen LogP contribution in [0.1, 0.15) is 6.42 Å². The molecule has 0 aliphatic carbocycles. The maximum atomic E-state index is 12.6. The lowest BCUT2D eigenvalue weighted by Crippen LogP contribution is -2.26. The molecule has 0 spiro atoms. The van der Waals surface area contributed by atoms with Crippen LogP contribution in [0.2, 0.25) is 0 Å². The number of nitrogen functional groups attached to an aromatic ring is 1. The molecule has 2 heterocycles. The summed E-state index contributed by atoms with van der Waals surface area (Å²) in [6, 6.07) is 4.82. The number of rotatable bonds is 3. The van der Waals surface area contributed by atoms with E-state index in [-0.39, 0.29) is 24.7 Å². The van der Waals surface area contributed by atoms with Gasteiger partial charge in [0, 0.05) is 18.9 Å². The number of halogens is 1. The molecule has 2 N–H and O–H groups in total. The van der Waals surface area contributed by atoms with Gasteiger partial charge in [-0.1, -0.05) is 6.07 Å². The third-order valence-electron chi connectivity index (χ3n) is 2.67. The summed E-state index contributed by atoms with van der Waals surface area (Å²) >= 11 is 0. The minimum Gasteiger partial charge on any atom is -0.384 e. The summed E-state index contributed by atoms with van der Waals surface area (Å²) in [4.78, 5) is 17.0. The number of pyridine rings is 1. The summed E-state index contributed by atoms with van der Waals surface area (Å²) < 4.78 is 33.7. The van der Waals surface area contributed by atoms with Gasteiger partial charge in [-0.3, -0.25) is 9.69 Å². The number of aromatic nitrogens is 1. The van der Waals surface area contributed by atoms with Crippen LogP contribution in [0.4, 0.5) is 15.5 Å². The predicted molar refractivity (Wildman–Crippen MR) is 64.0 cm³/mol. The molecule has 98 valence electrons. The number of carbonyl (C=O) groups is 1. The van der Waals surface area contributed by atoms with Crippen LogP contribution < -0.4 is 10.6 Å². The Bertz CT molecular complexity index is 575. The monoisotopic (exact) mass is 273 g/mol. The number of carbonyl (C=O) groups excluding carboxylic acids is 1. The van der Waals surface area contributed by atoms with Crippen molar-refractivity contribution in [1.29, 1.82) is 0 Å². The quantitative estimate of drug-likeness (QED) is 0.800. The molecule has 1 atom stereocenters. The fourth-order valence-electron chi connectivity index (χ4n) is 1.99. The topological polar surface area (TPSA) is 93.4 Å². The molecular weight excluding hydrogens is 261 g/mol. The standard InChI is InChI=1S/C10H12FN3O3S/c11-18(16,17)6-7-4-10(15)14(5-7)9-3-1-2-8(12)13-9/h1-3,7H,4-6H2,(H2,12,13). The summed E-state index contributed by atoms with van der Waals surface area (Å²) in [5.74, 6) is -0.838. The van der Waals surface area contributed by atoms with Gasteiger partial charge in [-0.15, -0.1) is 3.89 Å². The lowest BCUT2D eigenvalue weighted by Gasteiger charge is -2.15. The van der Waals surface area contributed by atoms with Crippen LogP contribution >= 0.6 is 0 Å². The van der Waals surface area contributed by atoms with Crippen molar-refractivity contribution in [2.75, 3.05) is 22.9 Å². The second-order valence-corrected chi connectivity index (χ2v) is 5.61. The van der Waals surface area contributed by atoms with Gasteiger partial charge in [0.05, 0.1) is 5.75 Å². The third kappa shape index (κ3) is 2.95. The minimum absolute atomic E-state index is 0.000368. The van der Waals surface area contributed by atoms with Crippen LogP contribution in [0.5, 0.6) is 0 Å². The number of hydrogen-bond acceptors (Lipinski definition) is 5. The first kappa shape index (κ1) is 12.7. The largest absolute Gasteiger partial charge is 0.384 e. The van der Waals surface area contributed by atoms with Crippen molar-refractivity contribution in [3.8, 4) is 0 Å². The molecule has 6 nitrogen and oxygen atoms in total. The zero-order valence-corrected chi connectivity index (χ0v) is 10.2. The number of nitrogens with zero attached hydrogens (tertiary/aromatic N) is 2. The van der Waals surface area contributed by atoms with Crippen LogP contribution in [0, 0.1) is 5.92 Å². The lowest BCUT2D eigenvalue weighted by molar-refractivity contribution is -0.117. The molecule has 1 amide bonds. The molecule has 0 saturated carbocycles. The Morgan fingerprint density at radius 1 is 1.50 bits per heavy atom. The van der Waals surface area contributed by atoms with Crippen molar-refractivity contribution in [3.63, 3.8) is 0 Å². The Morgan fingerprint density at radius 2 is 2.22 bits per heavy atom. The Labute approximate surface area is 104 Å². The molecule has 0 aromatic carbocycles. The molecule has 1 aromatic rings. The predicted octanol–water partition coefficient (Wildman–Crippen LogP) is 0.316. The minimum atomic E-state index is -4.57. The summed E-state index contributed by atoms with van der Waals surface area (Å²) in [7, 11) is -4.57. The van der Waals surface area contributed by atoms with Crippen molar-refractivity contribution in [2.45, 2.75) is 6.42 Å². The first-order valence-corrected chi connectivity index (χ1v) is 6.85. The summed E-state index contributed by atoms with van der Waals surface area (Å²) in [5.41, 5.74) is 5.50. The highest BCUT2D eigenvalue weighted by molar-refractivity contribution is 7.86. The zero-order chi connectivity index (χ0) is 13.3. The maximum Gasteiger partial charge on any atom is 0.302 e. The fraction of sp³-hybridized carbons (Fsp3) is 0.400. The Hall–Kier alpha value is -1.70. The van der Waals surface area contributed by atoms with Gasteiger partial charge in [0.25, 0.3) is 0 Å². The highest BCUT2D eigenvalue weighted by Crippen LogP contribution is 2.25. The molecular formula is C10H12FN3O3S. The zero-order valence-electron chi connectivity index (χ0n) is 9.41. The van der Waals surface area contributed by atoms with Crippen LogP contribution in [0.15, 0.2) is 18.2 Å². The van der Waals surface area contributed by atoms with Crippen LogP contribution in [0.25, 0.3) is 0 Å². The molecule has 0 radical (unpaired) electrons. The van der Waals surface area contributed by atoms with E-state index in [2.05, 4.69) is 4.98 Å². The van der Waals surface area contributed by atoms with Crippen molar-refractivity contribution in [2.24, 2.45) is 5.92 Å². The highest BCUT2D eigenvalue weighted by Gasteiger charge is 2.34. The summed E-state index contributed by atoms with van der Waals surface area (Å²) in [6.07, 6.45) is -0.000368. The molecule has 1 saturated heterocycles. The molecule has 8 heteroatoms. The number of anilines is 2. The summed E-state index contributed by atoms with van der Waals surface area (Å²) in [5, 5.41) is 0. The van der Waals surface area contributed by atoms with Crippen molar-refractivity contribution >= 4 is 27.8 Å². The molecule has 1 aliphatic rings. The molecule has 18 heavy (non-hydrogen) atoms. The molecule has 1 aromatic heterocycles. The Morgan fingerprint density at radius 3 is 2.83 bits per heavy atom. The Balaban J connectivity index is 2.15. The van der Waals surface area contributed by atoms with Crippen molar-refractivity contribution in [1.82, 2.24) is 4.98 Å². The first-order chi connectivity index (χ1) is 8.35. The fourth-order valence-corrected chi connectivity index (χ4v) is 2.77. The lowest BCUT2D eigenvalue weighted by atomic mass is 10.1. The van der Waals surface area contributed by atoms with E-state index in [9.17, 15) is 17.1 Å². The van der Waals surface area contributed by atoms with Crippen molar-refractivity contribution in [3.05, 3.63) is 18.2 Å². The van der Waals surface area contributed by atoms with E-state index < -0.39 is 21.9 Å². The number of nitrogens with two attached hydrogens (primary N) is 1.